The molecule has 0 aliphatic carbocycles. The quantitative estimate of drug-likeness (QED) is 0.806. The van der Waals surface area contributed by atoms with Crippen molar-refractivity contribution in [3.63, 3.8) is 0 Å². The fraction of sp³-hybridized carbons (Fsp3) is 0.500. The number of fused-ring (bicyclic) bond motifs is 1. The number of ether oxygens (including phenoxy) is 1. The Morgan fingerprint density at radius 3 is 2.62 bits per heavy atom. The zero-order chi connectivity index (χ0) is 15.4. The van der Waals surface area contributed by atoms with Crippen molar-refractivity contribution in [2.24, 2.45) is 5.92 Å². The predicted octanol–water partition coefficient (Wildman–Crippen LogP) is 4.07. The molecule has 0 saturated carbocycles. The van der Waals surface area contributed by atoms with Crippen LogP contribution in [-0.4, -0.2) is 18.3 Å². The van der Waals surface area contributed by atoms with Gasteiger partial charge < -0.3 is 10.1 Å². The van der Waals surface area contributed by atoms with E-state index < -0.39 is 0 Å². The van der Waals surface area contributed by atoms with Crippen LogP contribution in [0.1, 0.15) is 49.9 Å². The van der Waals surface area contributed by atoms with E-state index in [1.165, 1.54) is 0 Å². The van der Waals surface area contributed by atoms with Crippen LogP contribution in [0.25, 0.3) is 0 Å². The highest BCUT2D eigenvalue weighted by Gasteiger charge is 2.24. The maximum absolute atomic E-state index is 12.7. The Morgan fingerprint density at radius 2 is 2.00 bits per heavy atom. The first-order chi connectivity index (χ1) is 10.1. The molecule has 0 saturated heterocycles. The first-order valence-electron chi connectivity index (χ1n) is 7.37. The second-order valence-electron chi connectivity index (χ2n) is 5.30. The number of hydrogen-bond acceptors (Lipinski definition) is 3. The van der Waals surface area contributed by atoms with E-state index in [0.29, 0.717) is 22.0 Å². The lowest BCUT2D eigenvalue weighted by atomic mass is 9.89. The summed E-state index contributed by atoms with van der Waals surface area (Å²) >= 11 is 6.22. The highest BCUT2D eigenvalue weighted by Crippen LogP contribution is 2.35. The van der Waals surface area contributed by atoms with E-state index in [2.05, 4.69) is 19.2 Å². The van der Waals surface area contributed by atoms with Crippen molar-refractivity contribution in [1.82, 2.24) is 0 Å². The summed E-state index contributed by atoms with van der Waals surface area (Å²) in [6, 6.07) is 3.24. The van der Waals surface area contributed by atoms with Gasteiger partial charge in [0.15, 0.2) is 12.4 Å². The first kappa shape index (κ1) is 15.8. The van der Waals surface area contributed by atoms with Crippen LogP contribution in [0.5, 0.6) is 5.75 Å². The Morgan fingerprint density at radius 1 is 1.33 bits per heavy atom. The number of Topliss-reactive ketones (excluding diaryl/α,β-unsaturated/α-hetero) is 1. The van der Waals surface area contributed by atoms with E-state index in [9.17, 15) is 9.59 Å². The van der Waals surface area contributed by atoms with Gasteiger partial charge in [-0.15, -0.1) is 0 Å². The van der Waals surface area contributed by atoms with Crippen molar-refractivity contribution in [3.8, 4) is 5.75 Å². The van der Waals surface area contributed by atoms with Gasteiger partial charge in [0.2, 0.25) is 0 Å². The highest BCUT2D eigenvalue weighted by molar-refractivity contribution is 6.34. The summed E-state index contributed by atoms with van der Waals surface area (Å²) in [6.07, 6.45) is 3.65. The lowest BCUT2D eigenvalue weighted by Crippen LogP contribution is -2.26. The SMILES string of the molecule is CCCC(CCC)C(=O)c1cc2c(cc1Cl)NC(=O)CO2. The third kappa shape index (κ3) is 3.56. The Bertz CT molecular complexity index is 551. The molecule has 0 atom stereocenters. The molecule has 0 fully saturated rings. The largest absolute Gasteiger partial charge is 0.482 e. The van der Waals surface area contributed by atoms with Crippen LogP contribution in [0.3, 0.4) is 0 Å². The number of hydrogen-bond donors (Lipinski definition) is 1. The molecule has 114 valence electrons. The standard InChI is InChI=1S/C16H20ClNO3/c1-3-5-10(6-4-2)16(20)11-7-14-13(8-12(11)17)18-15(19)9-21-14/h7-8,10H,3-6,9H2,1-2H3,(H,18,19). The van der Waals surface area contributed by atoms with Gasteiger partial charge in [0.25, 0.3) is 5.91 Å². The molecule has 1 heterocycles. The minimum atomic E-state index is -0.215. The molecule has 1 aliphatic heterocycles. The smallest absolute Gasteiger partial charge is 0.262 e. The molecule has 0 radical (unpaired) electrons. The van der Waals surface area contributed by atoms with Gasteiger partial charge >= 0.3 is 0 Å². The van der Waals surface area contributed by atoms with Gasteiger partial charge in [-0.05, 0) is 25.0 Å². The fourth-order valence-corrected chi connectivity index (χ4v) is 2.87. The lowest BCUT2D eigenvalue weighted by Gasteiger charge is -2.21. The Labute approximate surface area is 129 Å². The van der Waals surface area contributed by atoms with E-state index in [4.69, 9.17) is 16.3 Å². The lowest BCUT2D eigenvalue weighted by molar-refractivity contribution is -0.118. The molecule has 1 N–H and O–H groups in total. The number of halogens is 1. The van der Waals surface area contributed by atoms with Crippen molar-refractivity contribution in [1.29, 1.82) is 0 Å². The van der Waals surface area contributed by atoms with E-state index in [1.54, 1.807) is 12.1 Å². The predicted molar refractivity (Wildman–Crippen MR) is 83.2 cm³/mol. The van der Waals surface area contributed by atoms with Crippen LogP contribution in [0.2, 0.25) is 5.02 Å². The maximum Gasteiger partial charge on any atom is 0.262 e. The van der Waals surface area contributed by atoms with Crippen LogP contribution < -0.4 is 10.1 Å². The van der Waals surface area contributed by atoms with Crippen molar-refractivity contribution >= 4 is 29.0 Å². The second-order valence-corrected chi connectivity index (χ2v) is 5.71. The Hall–Kier alpha value is -1.55. The van der Waals surface area contributed by atoms with Gasteiger partial charge in [-0.1, -0.05) is 38.3 Å². The molecule has 1 aromatic rings. The monoisotopic (exact) mass is 309 g/mol. The van der Waals surface area contributed by atoms with E-state index in [0.717, 1.165) is 25.7 Å². The molecule has 4 nitrogen and oxygen atoms in total. The third-order valence-electron chi connectivity index (χ3n) is 3.61. The van der Waals surface area contributed by atoms with Crippen LogP contribution in [0, 0.1) is 5.92 Å². The molecule has 21 heavy (non-hydrogen) atoms. The topological polar surface area (TPSA) is 55.4 Å². The molecular weight excluding hydrogens is 290 g/mol. The number of nitrogens with one attached hydrogen (secondary N) is 1. The minimum Gasteiger partial charge on any atom is -0.482 e. The summed E-state index contributed by atoms with van der Waals surface area (Å²) in [6.45, 7) is 4.11. The van der Waals surface area contributed by atoms with E-state index in [1.807, 2.05) is 0 Å². The number of carbonyl (C=O) groups excluding carboxylic acids is 2. The average molecular weight is 310 g/mol. The van der Waals surface area contributed by atoms with Crippen molar-refractivity contribution in [3.05, 3.63) is 22.7 Å². The number of ketones is 1. The molecule has 0 aromatic heterocycles. The zero-order valence-corrected chi connectivity index (χ0v) is 13.1. The number of amides is 1. The maximum atomic E-state index is 12.7. The van der Waals surface area contributed by atoms with Crippen LogP contribution in [0.4, 0.5) is 5.69 Å². The number of rotatable bonds is 6. The fourth-order valence-electron chi connectivity index (χ4n) is 2.61. The second kappa shape index (κ2) is 6.94. The summed E-state index contributed by atoms with van der Waals surface area (Å²) in [5, 5.41) is 3.05. The van der Waals surface area contributed by atoms with Gasteiger partial charge in [0, 0.05) is 11.5 Å². The Kier molecular flexibility index (Phi) is 5.23. The van der Waals surface area contributed by atoms with Crippen molar-refractivity contribution in [2.75, 3.05) is 11.9 Å². The summed E-state index contributed by atoms with van der Waals surface area (Å²) in [5.74, 6) is 0.349. The van der Waals surface area contributed by atoms with Gasteiger partial charge in [0.05, 0.1) is 10.7 Å². The van der Waals surface area contributed by atoms with Crippen molar-refractivity contribution in [2.45, 2.75) is 39.5 Å². The molecule has 1 amide bonds. The Balaban J connectivity index is 2.30. The van der Waals surface area contributed by atoms with E-state index >= 15 is 0 Å². The molecule has 0 spiro atoms. The van der Waals surface area contributed by atoms with Gasteiger partial charge in [-0.2, -0.15) is 0 Å². The third-order valence-corrected chi connectivity index (χ3v) is 3.93. The molecule has 0 bridgehead atoms. The van der Waals surface area contributed by atoms with Crippen LogP contribution in [-0.2, 0) is 4.79 Å². The average Bonchev–Trinajstić information content (AvgIpc) is 2.45. The number of benzene rings is 1. The van der Waals surface area contributed by atoms with Gasteiger partial charge in [-0.25, -0.2) is 0 Å². The van der Waals surface area contributed by atoms with E-state index in [-0.39, 0.29) is 24.2 Å². The molecule has 1 aliphatic rings. The normalized spacial score (nSPS) is 13.6. The van der Waals surface area contributed by atoms with Gasteiger partial charge in [0.1, 0.15) is 5.75 Å². The number of anilines is 1. The summed E-state index contributed by atoms with van der Waals surface area (Å²) in [5.41, 5.74) is 1.01. The molecule has 0 unspecified atom stereocenters. The first-order valence-corrected chi connectivity index (χ1v) is 7.75. The molecular formula is C16H20ClNO3. The highest BCUT2D eigenvalue weighted by atomic mass is 35.5. The number of carbonyl (C=O) groups is 2. The minimum absolute atomic E-state index is 0.00580. The summed E-state index contributed by atoms with van der Waals surface area (Å²) < 4.78 is 5.36. The van der Waals surface area contributed by atoms with Crippen LogP contribution in [0.15, 0.2) is 12.1 Å². The summed E-state index contributed by atoms with van der Waals surface area (Å²) in [4.78, 5) is 24.0. The van der Waals surface area contributed by atoms with Crippen molar-refractivity contribution < 1.29 is 14.3 Å². The molecule has 5 heteroatoms. The summed E-state index contributed by atoms with van der Waals surface area (Å²) in [7, 11) is 0. The van der Waals surface area contributed by atoms with Gasteiger partial charge in [-0.3, -0.25) is 9.59 Å². The zero-order valence-electron chi connectivity index (χ0n) is 12.4. The molecule has 1 aromatic carbocycles. The molecule has 2 rings (SSSR count). The van der Waals surface area contributed by atoms with Crippen LogP contribution >= 0.6 is 11.6 Å².